The fourth-order valence-electron chi connectivity index (χ4n) is 1.12. The summed E-state index contributed by atoms with van der Waals surface area (Å²) in [4.78, 5) is 12.3. The smallest absolute Gasteiger partial charge is 0.231 e. The summed E-state index contributed by atoms with van der Waals surface area (Å²) in [5.74, 6) is -0.391. The lowest BCUT2D eigenvalue weighted by atomic mass is 10.3. The third-order valence-electron chi connectivity index (χ3n) is 1.73. The van der Waals surface area contributed by atoms with Crippen molar-refractivity contribution in [2.24, 2.45) is 5.73 Å². The number of amidine groups is 1. The van der Waals surface area contributed by atoms with Crippen LogP contribution in [-0.4, -0.2) is 18.0 Å². The van der Waals surface area contributed by atoms with E-state index in [9.17, 15) is 4.79 Å². The predicted molar refractivity (Wildman–Crippen MR) is 63.4 cm³/mol. The monoisotopic (exact) mass is 223 g/mol. The molecule has 0 aromatic heterocycles. The van der Waals surface area contributed by atoms with Gasteiger partial charge < -0.3 is 11.1 Å². The quantitative estimate of drug-likeness (QED) is 0.413. The molecule has 0 heterocycles. The van der Waals surface area contributed by atoms with Crippen molar-refractivity contribution < 1.29 is 4.79 Å². The van der Waals surface area contributed by atoms with Gasteiger partial charge in [-0.25, -0.2) is 0 Å². The van der Waals surface area contributed by atoms with Crippen LogP contribution in [0.5, 0.6) is 0 Å². The van der Waals surface area contributed by atoms with Crippen molar-refractivity contribution in [1.29, 1.82) is 5.41 Å². The standard InChI is InChI=1S/C10H13N3OS/c1-15-8-5-3-2-4-7(8)13-10(14)6-9(11)12/h2-5H,6H2,1H3,(H3,11,12)(H,13,14). The van der Waals surface area contributed by atoms with Gasteiger partial charge in [-0.1, -0.05) is 12.1 Å². The highest BCUT2D eigenvalue weighted by Gasteiger charge is 2.06. The SMILES string of the molecule is CSc1ccccc1NC(=O)CC(=N)N. The summed E-state index contributed by atoms with van der Waals surface area (Å²) >= 11 is 1.56. The normalized spacial score (nSPS) is 9.67. The van der Waals surface area contributed by atoms with Crippen molar-refractivity contribution in [2.75, 3.05) is 11.6 Å². The number of amides is 1. The summed E-state index contributed by atoms with van der Waals surface area (Å²) in [6.07, 6.45) is 1.87. The third kappa shape index (κ3) is 3.63. The fraction of sp³-hybridized carbons (Fsp3) is 0.200. The number of thioether (sulfide) groups is 1. The fourth-order valence-corrected chi connectivity index (χ4v) is 1.67. The summed E-state index contributed by atoms with van der Waals surface area (Å²) in [5, 5.41) is 9.71. The molecule has 0 saturated heterocycles. The van der Waals surface area contributed by atoms with Gasteiger partial charge in [-0.05, 0) is 18.4 Å². The van der Waals surface area contributed by atoms with E-state index in [2.05, 4.69) is 5.32 Å². The molecule has 5 heteroatoms. The largest absolute Gasteiger partial charge is 0.387 e. The molecule has 1 aromatic carbocycles. The summed E-state index contributed by atoms with van der Waals surface area (Å²) in [6, 6.07) is 7.51. The zero-order chi connectivity index (χ0) is 11.3. The molecular formula is C10H13N3OS. The Labute approximate surface area is 92.8 Å². The summed E-state index contributed by atoms with van der Waals surface area (Å²) in [6.45, 7) is 0. The van der Waals surface area contributed by atoms with Crippen LogP contribution < -0.4 is 11.1 Å². The minimum atomic E-state index is -0.260. The van der Waals surface area contributed by atoms with Gasteiger partial charge in [0.1, 0.15) is 5.84 Å². The van der Waals surface area contributed by atoms with Gasteiger partial charge in [-0.15, -0.1) is 11.8 Å². The minimum absolute atomic E-state index is 0.0668. The van der Waals surface area contributed by atoms with E-state index in [0.29, 0.717) is 0 Å². The number of anilines is 1. The summed E-state index contributed by atoms with van der Waals surface area (Å²) < 4.78 is 0. The zero-order valence-electron chi connectivity index (χ0n) is 8.41. The number of carbonyl (C=O) groups excluding carboxylic acids is 1. The highest BCUT2D eigenvalue weighted by molar-refractivity contribution is 7.98. The van der Waals surface area contributed by atoms with Crippen LogP contribution in [0, 0.1) is 5.41 Å². The molecule has 0 aliphatic carbocycles. The molecule has 0 radical (unpaired) electrons. The van der Waals surface area contributed by atoms with Crippen molar-refractivity contribution in [2.45, 2.75) is 11.3 Å². The van der Waals surface area contributed by atoms with Gasteiger partial charge in [0.05, 0.1) is 12.1 Å². The van der Waals surface area contributed by atoms with Crippen LogP contribution in [0.4, 0.5) is 5.69 Å². The number of benzene rings is 1. The lowest BCUT2D eigenvalue weighted by Crippen LogP contribution is -2.21. The Hall–Kier alpha value is -1.49. The number of rotatable bonds is 4. The van der Waals surface area contributed by atoms with E-state index < -0.39 is 0 Å². The van der Waals surface area contributed by atoms with E-state index in [1.165, 1.54) is 0 Å². The van der Waals surface area contributed by atoms with Gasteiger partial charge in [0.25, 0.3) is 0 Å². The third-order valence-corrected chi connectivity index (χ3v) is 2.53. The number of carbonyl (C=O) groups is 1. The first-order valence-corrected chi connectivity index (χ1v) is 5.61. The Morgan fingerprint density at radius 2 is 2.20 bits per heavy atom. The highest BCUT2D eigenvalue weighted by Crippen LogP contribution is 2.24. The molecule has 0 aliphatic rings. The van der Waals surface area contributed by atoms with E-state index in [0.717, 1.165) is 10.6 Å². The maximum atomic E-state index is 11.3. The van der Waals surface area contributed by atoms with Crippen LogP contribution in [0.3, 0.4) is 0 Å². The van der Waals surface area contributed by atoms with Crippen molar-refractivity contribution in [3.8, 4) is 0 Å². The first kappa shape index (κ1) is 11.6. The van der Waals surface area contributed by atoms with Gasteiger partial charge in [0.15, 0.2) is 0 Å². The van der Waals surface area contributed by atoms with Crippen molar-refractivity contribution in [3.05, 3.63) is 24.3 Å². The maximum Gasteiger partial charge on any atom is 0.231 e. The Morgan fingerprint density at radius 1 is 1.53 bits per heavy atom. The Bertz CT molecular complexity index is 379. The molecule has 0 unspecified atom stereocenters. The molecular weight excluding hydrogens is 210 g/mol. The number of nitrogens with one attached hydrogen (secondary N) is 2. The van der Waals surface area contributed by atoms with Crippen LogP contribution in [-0.2, 0) is 4.79 Å². The van der Waals surface area contributed by atoms with Crippen LogP contribution in [0.1, 0.15) is 6.42 Å². The van der Waals surface area contributed by atoms with Gasteiger partial charge in [0.2, 0.25) is 5.91 Å². The number of hydrogen-bond donors (Lipinski definition) is 3. The molecule has 15 heavy (non-hydrogen) atoms. The molecule has 1 amide bonds. The van der Waals surface area contributed by atoms with Crippen molar-refractivity contribution in [3.63, 3.8) is 0 Å². The molecule has 0 bridgehead atoms. The van der Waals surface area contributed by atoms with Crippen LogP contribution in [0.2, 0.25) is 0 Å². The van der Waals surface area contributed by atoms with E-state index in [4.69, 9.17) is 11.1 Å². The predicted octanol–water partition coefficient (Wildman–Crippen LogP) is 1.67. The van der Waals surface area contributed by atoms with Crippen LogP contribution in [0.15, 0.2) is 29.2 Å². The van der Waals surface area contributed by atoms with Gasteiger partial charge >= 0.3 is 0 Å². The second kappa shape index (κ2) is 5.41. The molecule has 4 N–H and O–H groups in total. The molecule has 80 valence electrons. The maximum absolute atomic E-state index is 11.3. The summed E-state index contributed by atoms with van der Waals surface area (Å²) in [5.41, 5.74) is 5.90. The highest BCUT2D eigenvalue weighted by atomic mass is 32.2. The number of hydrogen-bond acceptors (Lipinski definition) is 3. The molecule has 0 atom stereocenters. The lowest BCUT2D eigenvalue weighted by Gasteiger charge is -2.08. The van der Waals surface area contributed by atoms with E-state index >= 15 is 0 Å². The summed E-state index contributed by atoms with van der Waals surface area (Å²) in [7, 11) is 0. The molecule has 0 saturated carbocycles. The molecule has 0 fully saturated rings. The Balaban J connectivity index is 2.71. The van der Waals surface area contributed by atoms with Gasteiger partial charge in [-0.2, -0.15) is 0 Å². The first-order chi connectivity index (χ1) is 7.13. The molecule has 0 spiro atoms. The molecule has 4 nitrogen and oxygen atoms in total. The van der Waals surface area contributed by atoms with Crippen LogP contribution in [0.25, 0.3) is 0 Å². The van der Waals surface area contributed by atoms with Gasteiger partial charge in [-0.3, -0.25) is 10.2 Å². The van der Waals surface area contributed by atoms with Gasteiger partial charge in [0, 0.05) is 4.90 Å². The topological polar surface area (TPSA) is 79.0 Å². The van der Waals surface area contributed by atoms with E-state index in [1.807, 2.05) is 30.5 Å². The van der Waals surface area contributed by atoms with Crippen LogP contribution >= 0.6 is 11.8 Å². The Kier molecular flexibility index (Phi) is 4.17. The average Bonchev–Trinajstić information content (AvgIpc) is 2.17. The first-order valence-electron chi connectivity index (χ1n) is 4.39. The molecule has 0 aliphatic heterocycles. The Morgan fingerprint density at radius 3 is 2.80 bits per heavy atom. The minimum Gasteiger partial charge on any atom is -0.387 e. The molecule has 1 aromatic rings. The average molecular weight is 223 g/mol. The second-order valence-electron chi connectivity index (χ2n) is 2.95. The number of nitrogens with two attached hydrogens (primary N) is 1. The van der Waals surface area contributed by atoms with Crippen molar-refractivity contribution >= 4 is 29.2 Å². The second-order valence-corrected chi connectivity index (χ2v) is 3.80. The zero-order valence-corrected chi connectivity index (χ0v) is 9.23. The number of para-hydroxylation sites is 1. The molecule has 1 rings (SSSR count). The van der Waals surface area contributed by atoms with E-state index in [-0.39, 0.29) is 18.2 Å². The van der Waals surface area contributed by atoms with E-state index in [1.54, 1.807) is 11.8 Å². The van der Waals surface area contributed by atoms with Crippen molar-refractivity contribution in [1.82, 2.24) is 0 Å². The lowest BCUT2D eigenvalue weighted by molar-refractivity contribution is -0.115.